The fourth-order valence-electron chi connectivity index (χ4n) is 5.46. The summed E-state index contributed by atoms with van der Waals surface area (Å²) in [5.41, 5.74) is 2.24. The molecule has 2 aromatic rings. The van der Waals surface area contributed by atoms with Gasteiger partial charge in [-0.3, -0.25) is 9.59 Å². The summed E-state index contributed by atoms with van der Waals surface area (Å²) in [6, 6.07) is 14.9. The predicted molar refractivity (Wildman–Crippen MR) is 125 cm³/mol. The van der Waals surface area contributed by atoms with Crippen LogP contribution in [0.3, 0.4) is 0 Å². The van der Waals surface area contributed by atoms with Gasteiger partial charge >= 0.3 is 0 Å². The van der Waals surface area contributed by atoms with Crippen molar-refractivity contribution in [3.05, 3.63) is 64.7 Å². The average Bonchev–Trinajstić information content (AvgIpc) is 3.49. The molecule has 5 rings (SSSR count). The maximum atomic E-state index is 12.9. The summed E-state index contributed by atoms with van der Waals surface area (Å²) in [4.78, 5) is 27.6. The molecule has 3 fully saturated rings. The van der Waals surface area contributed by atoms with Gasteiger partial charge < -0.3 is 15.0 Å². The van der Waals surface area contributed by atoms with Crippen molar-refractivity contribution < 1.29 is 14.3 Å². The van der Waals surface area contributed by atoms with Crippen molar-refractivity contribution in [3.63, 3.8) is 0 Å². The Morgan fingerprint density at radius 2 is 1.84 bits per heavy atom. The molecule has 2 aliphatic heterocycles. The summed E-state index contributed by atoms with van der Waals surface area (Å²) in [6.45, 7) is 1.61. The number of carbonyl (C=O) groups is 2. The summed E-state index contributed by atoms with van der Waals surface area (Å²) in [7, 11) is 0. The van der Waals surface area contributed by atoms with Crippen LogP contribution in [0.5, 0.6) is 0 Å². The Hall–Kier alpha value is -2.37. The Morgan fingerprint density at radius 1 is 1.03 bits per heavy atom. The lowest BCUT2D eigenvalue weighted by atomic mass is 9.90. The van der Waals surface area contributed by atoms with Crippen LogP contribution < -0.4 is 5.32 Å². The maximum Gasteiger partial charge on any atom is 0.257 e. The van der Waals surface area contributed by atoms with Gasteiger partial charge in [0.2, 0.25) is 5.91 Å². The largest absolute Gasteiger partial charge is 0.370 e. The zero-order valence-corrected chi connectivity index (χ0v) is 18.9. The van der Waals surface area contributed by atoms with E-state index in [2.05, 4.69) is 16.3 Å². The predicted octanol–water partition coefficient (Wildman–Crippen LogP) is 5.46. The minimum Gasteiger partial charge on any atom is -0.370 e. The van der Waals surface area contributed by atoms with Crippen molar-refractivity contribution in [2.75, 3.05) is 18.4 Å². The maximum absolute atomic E-state index is 12.9. The molecule has 1 aliphatic carbocycles. The lowest BCUT2D eigenvalue weighted by molar-refractivity contribution is -0.138. The number of halogens is 1. The number of ether oxygens (including phenoxy) is 1. The van der Waals surface area contributed by atoms with Crippen molar-refractivity contribution in [3.8, 4) is 0 Å². The molecule has 0 spiro atoms. The van der Waals surface area contributed by atoms with Crippen molar-refractivity contribution in [2.24, 2.45) is 11.8 Å². The number of fused-ring (bicyclic) bond motifs is 1. The topological polar surface area (TPSA) is 58.6 Å². The van der Waals surface area contributed by atoms with Crippen LogP contribution in [-0.2, 0) is 9.53 Å². The van der Waals surface area contributed by atoms with Crippen LogP contribution in [0.25, 0.3) is 0 Å². The van der Waals surface area contributed by atoms with Gasteiger partial charge in [-0.15, -0.1) is 0 Å². The van der Waals surface area contributed by atoms with Gasteiger partial charge in [-0.25, -0.2) is 0 Å². The first-order valence-corrected chi connectivity index (χ1v) is 12.1. The first kappa shape index (κ1) is 21.5. The van der Waals surface area contributed by atoms with Gasteiger partial charge in [0, 0.05) is 30.6 Å². The number of hydrogen-bond donors (Lipinski definition) is 1. The second kappa shape index (κ2) is 9.24. The van der Waals surface area contributed by atoms with Crippen LogP contribution >= 0.6 is 11.6 Å². The Bertz CT molecular complexity index is 1000. The van der Waals surface area contributed by atoms with E-state index in [1.54, 1.807) is 24.3 Å². The van der Waals surface area contributed by atoms with E-state index in [-0.39, 0.29) is 24.0 Å². The summed E-state index contributed by atoms with van der Waals surface area (Å²) in [6.07, 6.45) is 6.47. The van der Waals surface area contributed by atoms with E-state index in [0.717, 1.165) is 50.0 Å². The molecule has 0 radical (unpaired) electrons. The van der Waals surface area contributed by atoms with E-state index in [9.17, 15) is 9.59 Å². The monoisotopic (exact) mass is 452 g/mol. The van der Waals surface area contributed by atoms with Gasteiger partial charge in [0.25, 0.3) is 5.91 Å². The number of likely N-dealkylation sites (tertiary alicyclic amines) is 1. The van der Waals surface area contributed by atoms with E-state index < -0.39 is 0 Å². The molecule has 3 unspecified atom stereocenters. The second-order valence-electron chi connectivity index (χ2n) is 9.27. The van der Waals surface area contributed by atoms with E-state index in [1.165, 1.54) is 12.8 Å². The summed E-state index contributed by atoms with van der Waals surface area (Å²) in [5.74, 6) is 0.743. The summed E-state index contributed by atoms with van der Waals surface area (Å²) >= 11 is 6.16. The van der Waals surface area contributed by atoms with Crippen molar-refractivity contribution >= 4 is 29.1 Å². The number of piperidine rings is 1. The van der Waals surface area contributed by atoms with Gasteiger partial charge in [-0.05, 0) is 55.5 Å². The van der Waals surface area contributed by atoms with Gasteiger partial charge in [-0.1, -0.05) is 48.7 Å². The van der Waals surface area contributed by atoms with Gasteiger partial charge in [0.05, 0.1) is 22.8 Å². The van der Waals surface area contributed by atoms with E-state index in [4.69, 9.17) is 16.3 Å². The molecule has 2 saturated heterocycles. The molecule has 168 valence electrons. The molecule has 3 aliphatic rings. The third-order valence-electron chi connectivity index (χ3n) is 7.17. The number of amides is 2. The van der Waals surface area contributed by atoms with Crippen LogP contribution in [-0.4, -0.2) is 35.9 Å². The highest BCUT2D eigenvalue weighted by atomic mass is 35.5. The van der Waals surface area contributed by atoms with E-state index in [1.807, 2.05) is 18.2 Å². The zero-order valence-electron chi connectivity index (χ0n) is 18.1. The Balaban J connectivity index is 1.23. The second-order valence-corrected chi connectivity index (χ2v) is 9.68. The molecule has 2 aromatic carbocycles. The molecule has 32 heavy (non-hydrogen) atoms. The Labute approximate surface area is 194 Å². The van der Waals surface area contributed by atoms with Gasteiger partial charge in [0.1, 0.15) is 0 Å². The zero-order chi connectivity index (χ0) is 22.1. The van der Waals surface area contributed by atoms with Gasteiger partial charge in [0.15, 0.2) is 0 Å². The molecule has 0 aromatic heterocycles. The van der Waals surface area contributed by atoms with Crippen molar-refractivity contribution in [1.82, 2.24) is 4.90 Å². The van der Waals surface area contributed by atoms with E-state index in [0.29, 0.717) is 22.4 Å². The fourth-order valence-corrected chi connectivity index (χ4v) is 5.69. The SMILES string of the molecule is O=C(Nc1cccc(C2CC3CN(C(=O)C4CCCC4)CCC3O2)c1)c1ccccc1Cl. The molecule has 0 bridgehead atoms. The molecule has 1 saturated carbocycles. The van der Waals surface area contributed by atoms with Crippen LogP contribution in [0.15, 0.2) is 48.5 Å². The number of nitrogens with one attached hydrogen (secondary N) is 1. The number of anilines is 1. The molecule has 2 amide bonds. The molecule has 3 atom stereocenters. The number of nitrogens with zero attached hydrogens (tertiary/aromatic N) is 1. The lowest BCUT2D eigenvalue weighted by Crippen LogP contribution is -2.46. The number of benzene rings is 2. The highest BCUT2D eigenvalue weighted by Gasteiger charge is 2.41. The summed E-state index contributed by atoms with van der Waals surface area (Å²) < 4.78 is 6.40. The first-order chi connectivity index (χ1) is 15.6. The molecule has 1 N–H and O–H groups in total. The van der Waals surface area contributed by atoms with E-state index >= 15 is 0 Å². The van der Waals surface area contributed by atoms with Crippen LogP contribution in [0.1, 0.15) is 60.6 Å². The first-order valence-electron chi connectivity index (χ1n) is 11.7. The number of hydrogen-bond acceptors (Lipinski definition) is 3. The smallest absolute Gasteiger partial charge is 0.257 e. The Kier molecular flexibility index (Phi) is 6.20. The highest BCUT2D eigenvalue weighted by molar-refractivity contribution is 6.34. The van der Waals surface area contributed by atoms with Crippen LogP contribution in [0.4, 0.5) is 5.69 Å². The van der Waals surface area contributed by atoms with Gasteiger partial charge in [-0.2, -0.15) is 0 Å². The quantitative estimate of drug-likeness (QED) is 0.670. The normalized spacial score (nSPS) is 25.5. The minimum absolute atomic E-state index is 0.0105. The molecular formula is C26H29ClN2O3. The average molecular weight is 453 g/mol. The molecular weight excluding hydrogens is 424 g/mol. The van der Waals surface area contributed by atoms with Crippen LogP contribution in [0, 0.1) is 11.8 Å². The Morgan fingerprint density at radius 3 is 2.66 bits per heavy atom. The third kappa shape index (κ3) is 4.41. The van der Waals surface area contributed by atoms with Crippen molar-refractivity contribution in [1.29, 1.82) is 0 Å². The summed E-state index contributed by atoms with van der Waals surface area (Å²) in [5, 5.41) is 3.38. The minimum atomic E-state index is -0.227. The number of rotatable bonds is 4. The lowest BCUT2D eigenvalue weighted by Gasteiger charge is -2.35. The number of carbonyl (C=O) groups excluding carboxylic acids is 2. The van der Waals surface area contributed by atoms with Crippen molar-refractivity contribution in [2.45, 2.75) is 50.7 Å². The molecule has 2 heterocycles. The molecule has 5 nitrogen and oxygen atoms in total. The standard InChI is InChI=1S/C26H29ClN2O3/c27-22-11-4-3-10-21(22)25(30)28-20-9-5-8-18(14-20)24-15-19-16-29(13-12-23(19)32-24)26(31)17-6-1-2-7-17/h3-5,8-11,14,17,19,23-24H,1-2,6-7,12-13,15-16H2,(H,28,30). The molecule has 6 heteroatoms. The fraction of sp³-hybridized carbons (Fsp3) is 0.462. The highest BCUT2D eigenvalue weighted by Crippen LogP contribution is 2.42. The third-order valence-corrected chi connectivity index (χ3v) is 7.50. The van der Waals surface area contributed by atoms with Crippen LogP contribution in [0.2, 0.25) is 5.02 Å².